The predicted octanol–water partition coefficient (Wildman–Crippen LogP) is 17.0. The van der Waals surface area contributed by atoms with Crippen LogP contribution in [-0.4, -0.2) is 87.4 Å². The summed E-state index contributed by atoms with van der Waals surface area (Å²) < 4.78 is 22.9. The molecule has 0 saturated carbocycles. The van der Waals surface area contributed by atoms with Crippen molar-refractivity contribution in [2.24, 2.45) is 0 Å². The van der Waals surface area contributed by atoms with Gasteiger partial charge in [-0.3, -0.25) is 9.59 Å². The summed E-state index contributed by atoms with van der Waals surface area (Å²) in [5, 5.41) is 9.70. The van der Waals surface area contributed by atoms with Crippen molar-refractivity contribution >= 4 is 17.9 Å². The lowest BCUT2D eigenvalue weighted by Crippen LogP contribution is -2.40. The number of carboxylic acids is 1. The van der Waals surface area contributed by atoms with Gasteiger partial charge < -0.3 is 28.5 Å². The van der Waals surface area contributed by atoms with E-state index in [9.17, 15) is 19.5 Å². The second-order valence-electron chi connectivity index (χ2n) is 20.6. The maximum Gasteiger partial charge on any atom is 0.361 e. The molecule has 0 aromatic rings. The van der Waals surface area contributed by atoms with E-state index < -0.39 is 24.3 Å². The molecule has 2 atom stereocenters. The summed E-state index contributed by atoms with van der Waals surface area (Å²) in [6.45, 7) is 4.77. The molecule has 0 amide bonds. The Morgan fingerprint density at radius 1 is 0.437 bits per heavy atom. The fraction of sp³-hybridized carbons (Fsp3) is 0.758. The smallest absolute Gasteiger partial charge is 0.361 e. The Morgan fingerprint density at radius 2 is 0.803 bits per heavy atom. The van der Waals surface area contributed by atoms with Crippen LogP contribution in [0.1, 0.15) is 245 Å². The first-order chi connectivity index (χ1) is 34.6. The van der Waals surface area contributed by atoms with Crippen LogP contribution < -0.4 is 0 Å². The molecular weight excluding hydrogens is 887 g/mol. The topological polar surface area (TPSA) is 108 Å². The molecule has 0 aliphatic carbocycles. The molecule has 0 rings (SSSR count). The molecule has 0 heterocycles. The van der Waals surface area contributed by atoms with E-state index in [2.05, 4.69) is 86.8 Å². The summed E-state index contributed by atoms with van der Waals surface area (Å²) >= 11 is 0. The van der Waals surface area contributed by atoms with Crippen molar-refractivity contribution in [2.75, 3.05) is 47.5 Å². The first-order valence-electron chi connectivity index (χ1n) is 29.1. The Bertz CT molecular complexity index is 1390. The van der Waals surface area contributed by atoms with Gasteiger partial charge in [-0.05, 0) is 64.2 Å². The standard InChI is InChI=1S/C62H109NO8/c1-6-8-10-12-14-16-18-20-22-24-26-27-28-29-30-31-32-33-35-37-39-41-43-45-47-49-51-53-60(65)71-58(57-70-62(61(66)67)68-55-54-63(3,4)5)56-69-59(64)52-50-48-46-44-42-40-38-36-34-25-23-21-19-17-15-13-11-9-7-2/h8,10,14,16,20,22,26-27,29-30,32-33,58,62H,6-7,9,11-13,15,17-19,21,23-25,28,31,34-57H2,1-5H3/p+1/b10-8-,16-14-,22-20-,27-26-,30-29-,33-32-. The van der Waals surface area contributed by atoms with Crippen molar-refractivity contribution in [1.82, 2.24) is 0 Å². The molecule has 0 aromatic carbocycles. The van der Waals surface area contributed by atoms with E-state index in [4.69, 9.17) is 18.9 Å². The molecule has 0 aromatic heterocycles. The Morgan fingerprint density at radius 3 is 1.20 bits per heavy atom. The highest BCUT2D eigenvalue weighted by atomic mass is 16.7. The minimum Gasteiger partial charge on any atom is -0.477 e. The van der Waals surface area contributed by atoms with Crippen LogP contribution in [0.15, 0.2) is 72.9 Å². The summed E-state index contributed by atoms with van der Waals surface area (Å²) in [5.74, 6) is -2.01. The van der Waals surface area contributed by atoms with Gasteiger partial charge in [0, 0.05) is 12.8 Å². The average Bonchev–Trinajstić information content (AvgIpc) is 3.34. The lowest BCUT2D eigenvalue weighted by atomic mass is 10.0. The second kappa shape index (κ2) is 53.0. The number of esters is 2. The average molecular weight is 998 g/mol. The van der Waals surface area contributed by atoms with Crippen LogP contribution in [0.4, 0.5) is 0 Å². The summed E-state index contributed by atoms with van der Waals surface area (Å²) in [6, 6.07) is 0. The number of allylic oxidation sites excluding steroid dienone is 12. The third-order valence-corrected chi connectivity index (χ3v) is 12.5. The minimum atomic E-state index is -1.51. The normalized spacial score (nSPS) is 13.3. The highest BCUT2D eigenvalue weighted by Gasteiger charge is 2.25. The number of quaternary nitrogens is 1. The minimum absolute atomic E-state index is 0.184. The maximum atomic E-state index is 12.9. The van der Waals surface area contributed by atoms with Crippen molar-refractivity contribution in [3.63, 3.8) is 0 Å². The summed E-state index contributed by atoms with van der Waals surface area (Å²) in [5.41, 5.74) is 0. The third-order valence-electron chi connectivity index (χ3n) is 12.5. The number of likely N-dealkylation sites (N-methyl/N-ethyl adjacent to an activating group) is 1. The van der Waals surface area contributed by atoms with Crippen LogP contribution in [0.25, 0.3) is 0 Å². The Labute approximate surface area is 437 Å². The number of hydrogen-bond acceptors (Lipinski definition) is 7. The molecule has 0 bridgehead atoms. The number of carbonyl (C=O) groups excluding carboxylic acids is 2. The van der Waals surface area contributed by atoms with E-state index in [1.165, 1.54) is 128 Å². The van der Waals surface area contributed by atoms with Gasteiger partial charge in [0.25, 0.3) is 6.29 Å². The van der Waals surface area contributed by atoms with Crippen molar-refractivity contribution < 1.29 is 42.9 Å². The fourth-order valence-electron chi connectivity index (χ4n) is 8.02. The van der Waals surface area contributed by atoms with Gasteiger partial charge in [-0.25, -0.2) is 4.79 Å². The molecule has 0 aliphatic rings. The number of carboxylic acid groups (broad SMARTS) is 1. The highest BCUT2D eigenvalue weighted by Crippen LogP contribution is 2.16. The van der Waals surface area contributed by atoms with Crippen LogP contribution >= 0.6 is 0 Å². The molecule has 0 saturated heterocycles. The first kappa shape index (κ1) is 67.7. The number of carbonyl (C=O) groups is 3. The van der Waals surface area contributed by atoms with Gasteiger partial charge in [0.05, 0.1) is 34.4 Å². The van der Waals surface area contributed by atoms with E-state index in [1.807, 2.05) is 21.1 Å². The number of ether oxygens (including phenoxy) is 4. The number of aliphatic carboxylic acids is 1. The quantitative estimate of drug-likeness (QED) is 0.0211. The SMILES string of the molecule is CC/C=C\C/C=C\C/C=C\C/C=C\C/C=C\C/C=C\CCCCCCCCCCC(=O)OC(COC(=O)CCCCCCCCCCCCCCCCCCCCC)COC(OCC[N+](C)(C)C)C(=O)O. The molecule has 2 unspecified atom stereocenters. The molecule has 410 valence electrons. The van der Waals surface area contributed by atoms with E-state index in [-0.39, 0.29) is 32.2 Å². The van der Waals surface area contributed by atoms with Gasteiger partial charge in [-0.2, -0.15) is 0 Å². The molecule has 1 N–H and O–H groups in total. The predicted molar refractivity (Wildman–Crippen MR) is 299 cm³/mol. The molecular formula is C62H110NO8+. The van der Waals surface area contributed by atoms with Gasteiger partial charge in [-0.1, -0.05) is 241 Å². The Kier molecular flexibility index (Phi) is 50.6. The summed E-state index contributed by atoms with van der Waals surface area (Å²) in [4.78, 5) is 37.4. The molecule has 0 spiro atoms. The molecule has 9 heteroatoms. The van der Waals surface area contributed by atoms with Crippen LogP contribution in [0.5, 0.6) is 0 Å². The Balaban J connectivity index is 4.27. The van der Waals surface area contributed by atoms with Gasteiger partial charge in [0.15, 0.2) is 6.10 Å². The number of unbranched alkanes of at least 4 members (excludes halogenated alkanes) is 26. The molecule has 0 aliphatic heterocycles. The molecule has 71 heavy (non-hydrogen) atoms. The Hall–Kier alpha value is -3.27. The zero-order chi connectivity index (χ0) is 52.0. The van der Waals surface area contributed by atoms with Gasteiger partial charge >= 0.3 is 17.9 Å². The zero-order valence-electron chi connectivity index (χ0n) is 46.6. The van der Waals surface area contributed by atoms with Crippen molar-refractivity contribution in [2.45, 2.75) is 257 Å². The van der Waals surface area contributed by atoms with Crippen LogP contribution in [0, 0.1) is 0 Å². The first-order valence-corrected chi connectivity index (χ1v) is 29.1. The molecule has 9 nitrogen and oxygen atoms in total. The number of hydrogen-bond donors (Lipinski definition) is 1. The van der Waals surface area contributed by atoms with E-state index in [0.29, 0.717) is 23.9 Å². The van der Waals surface area contributed by atoms with Crippen LogP contribution in [0.3, 0.4) is 0 Å². The largest absolute Gasteiger partial charge is 0.477 e. The molecule has 0 radical (unpaired) electrons. The fourth-order valence-corrected chi connectivity index (χ4v) is 8.02. The lowest BCUT2D eigenvalue weighted by Gasteiger charge is -2.25. The van der Waals surface area contributed by atoms with Crippen LogP contribution in [-0.2, 0) is 33.3 Å². The van der Waals surface area contributed by atoms with E-state index in [0.717, 1.165) is 83.5 Å². The van der Waals surface area contributed by atoms with Gasteiger partial charge in [0.1, 0.15) is 13.2 Å². The maximum absolute atomic E-state index is 12.9. The monoisotopic (exact) mass is 997 g/mol. The van der Waals surface area contributed by atoms with Crippen molar-refractivity contribution in [3.8, 4) is 0 Å². The zero-order valence-corrected chi connectivity index (χ0v) is 46.6. The summed E-state index contributed by atoms with van der Waals surface area (Å²) in [6.07, 6.45) is 65.4. The van der Waals surface area contributed by atoms with E-state index in [1.54, 1.807) is 0 Å². The van der Waals surface area contributed by atoms with Crippen molar-refractivity contribution in [3.05, 3.63) is 72.9 Å². The van der Waals surface area contributed by atoms with Crippen molar-refractivity contribution in [1.29, 1.82) is 0 Å². The van der Waals surface area contributed by atoms with Crippen LogP contribution in [0.2, 0.25) is 0 Å². The number of rotatable bonds is 53. The van der Waals surface area contributed by atoms with Gasteiger partial charge in [-0.15, -0.1) is 0 Å². The molecule has 0 fully saturated rings. The second-order valence-corrected chi connectivity index (χ2v) is 20.6. The van der Waals surface area contributed by atoms with E-state index >= 15 is 0 Å². The van der Waals surface area contributed by atoms with Gasteiger partial charge in [0.2, 0.25) is 0 Å². The number of nitrogens with zero attached hydrogens (tertiary/aromatic N) is 1. The summed E-state index contributed by atoms with van der Waals surface area (Å²) in [7, 11) is 5.97. The third kappa shape index (κ3) is 54.3. The lowest BCUT2D eigenvalue weighted by molar-refractivity contribution is -0.870. The highest BCUT2D eigenvalue weighted by molar-refractivity contribution is 5.71.